The standard InChI is InChI=1S/C36H33F6NO4/c1-3-6-20(14-21-10-11-29(44)26-8-5-4-7-25(21)26)9-12-30-31-19(2)13-27-32(28(31)18-47-30)34(46)43(33(27)45)24-16-22(35(37,38)39)15-23(17-24)36(40,41)42/h4-5,7-8,10-11,14-17,27-28,30,32,44H,3,6,9,12-13,18H2,1-2H3/b20-14+/t27-,28+,30-,32-/m1/s1. The summed E-state index contributed by atoms with van der Waals surface area (Å²) in [6.07, 6.45) is -5.30. The van der Waals surface area contributed by atoms with Gasteiger partial charge < -0.3 is 9.84 Å². The lowest BCUT2D eigenvalue weighted by atomic mass is 9.70. The maximum Gasteiger partial charge on any atom is 0.416 e. The lowest BCUT2D eigenvalue weighted by Gasteiger charge is -2.30. The number of benzene rings is 3. The molecule has 2 heterocycles. The molecule has 3 aliphatic rings. The van der Waals surface area contributed by atoms with Crippen LogP contribution < -0.4 is 4.90 Å². The summed E-state index contributed by atoms with van der Waals surface area (Å²) in [5, 5.41) is 12.0. The molecule has 5 nitrogen and oxygen atoms in total. The molecule has 6 rings (SSSR count). The first-order valence-electron chi connectivity index (χ1n) is 15.6. The van der Waals surface area contributed by atoms with E-state index in [4.69, 9.17) is 4.74 Å². The van der Waals surface area contributed by atoms with Crippen molar-refractivity contribution in [3.05, 3.63) is 88.0 Å². The molecule has 11 heteroatoms. The maximum absolute atomic E-state index is 13.8. The number of anilines is 1. The van der Waals surface area contributed by atoms with Crippen LogP contribution in [0.15, 0.2) is 71.3 Å². The summed E-state index contributed by atoms with van der Waals surface area (Å²) in [7, 11) is 0. The number of phenolic OH excluding ortho intramolecular Hbond substituents is 1. The number of allylic oxidation sites excluding steroid dienone is 2. The second-order valence-corrected chi connectivity index (χ2v) is 12.6. The molecular formula is C36H33F6NO4. The number of phenols is 1. The Morgan fingerprint density at radius 3 is 2.21 bits per heavy atom. The monoisotopic (exact) mass is 657 g/mol. The maximum atomic E-state index is 13.8. The number of hydrogen-bond acceptors (Lipinski definition) is 4. The highest BCUT2D eigenvalue weighted by molar-refractivity contribution is 6.22. The average molecular weight is 658 g/mol. The quantitative estimate of drug-likeness (QED) is 0.156. The molecule has 2 aliphatic heterocycles. The SMILES string of the molecule is CCC/C(=C\c1ccc(O)c2ccccc12)CC[C@H]1OC[C@H]2C1=C(C)C[C@H]1C(=O)N(c3cc(C(F)(F)F)cc(C(F)(F)F)c3)C(=O)[C@H]12. The van der Waals surface area contributed by atoms with Gasteiger partial charge in [-0.3, -0.25) is 9.59 Å². The topological polar surface area (TPSA) is 66.8 Å². The number of hydrogen-bond donors (Lipinski definition) is 1. The number of carbonyl (C=O) groups excluding carboxylic acids is 2. The van der Waals surface area contributed by atoms with E-state index in [1.807, 2.05) is 37.3 Å². The van der Waals surface area contributed by atoms with E-state index in [-0.39, 0.29) is 30.9 Å². The van der Waals surface area contributed by atoms with Crippen LogP contribution in [-0.2, 0) is 26.7 Å². The third kappa shape index (κ3) is 6.06. The Morgan fingerprint density at radius 1 is 0.915 bits per heavy atom. The second-order valence-electron chi connectivity index (χ2n) is 12.6. The molecule has 3 aromatic carbocycles. The molecule has 0 aromatic heterocycles. The van der Waals surface area contributed by atoms with Gasteiger partial charge in [-0.1, -0.05) is 60.9 Å². The largest absolute Gasteiger partial charge is 0.507 e. The number of amides is 2. The van der Waals surface area contributed by atoms with Gasteiger partial charge in [0.25, 0.3) is 0 Å². The normalized spacial score (nSPS) is 23.6. The highest BCUT2D eigenvalue weighted by atomic mass is 19.4. The van der Waals surface area contributed by atoms with Crippen LogP contribution in [0.3, 0.4) is 0 Å². The van der Waals surface area contributed by atoms with Crippen LogP contribution in [-0.4, -0.2) is 29.6 Å². The van der Waals surface area contributed by atoms with Gasteiger partial charge in [0.2, 0.25) is 11.8 Å². The predicted octanol–water partition coefficient (Wildman–Crippen LogP) is 9.09. The van der Waals surface area contributed by atoms with Crippen molar-refractivity contribution in [1.82, 2.24) is 0 Å². The summed E-state index contributed by atoms with van der Waals surface area (Å²) in [6.45, 7) is 4.05. The number of rotatable bonds is 7. The van der Waals surface area contributed by atoms with E-state index in [1.165, 1.54) is 5.57 Å². The fraction of sp³-hybridized carbons (Fsp3) is 0.389. The zero-order valence-electron chi connectivity index (χ0n) is 25.7. The Bertz CT molecular complexity index is 1770. The summed E-state index contributed by atoms with van der Waals surface area (Å²) >= 11 is 0. The van der Waals surface area contributed by atoms with Crippen molar-refractivity contribution in [3.8, 4) is 5.75 Å². The van der Waals surface area contributed by atoms with E-state index >= 15 is 0 Å². The van der Waals surface area contributed by atoms with E-state index in [9.17, 15) is 41.0 Å². The lowest BCUT2D eigenvalue weighted by Crippen LogP contribution is -2.34. The Kier molecular flexibility index (Phi) is 8.48. The zero-order chi connectivity index (χ0) is 33.8. The van der Waals surface area contributed by atoms with E-state index in [0.29, 0.717) is 29.9 Å². The molecule has 2 amide bonds. The minimum Gasteiger partial charge on any atom is -0.507 e. The molecule has 1 N–H and O–H groups in total. The molecule has 0 saturated carbocycles. The Balaban J connectivity index is 1.25. The number of nitrogens with zero attached hydrogens (tertiary/aromatic N) is 1. The molecule has 1 aliphatic carbocycles. The highest BCUT2D eigenvalue weighted by Crippen LogP contribution is 2.51. The fourth-order valence-corrected chi connectivity index (χ4v) is 7.51. The van der Waals surface area contributed by atoms with Crippen molar-refractivity contribution in [3.63, 3.8) is 0 Å². The molecule has 0 radical (unpaired) electrons. The van der Waals surface area contributed by atoms with Crippen LogP contribution in [0.2, 0.25) is 0 Å². The number of ether oxygens (including phenoxy) is 1. The molecule has 47 heavy (non-hydrogen) atoms. The fourth-order valence-electron chi connectivity index (χ4n) is 7.51. The van der Waals surface area contributed by atoms with Gasteiger partial charge in [-0.25, -0.2) is 4.90 Å². The number of imide groups is 1. The second kappa shape index (κ2) is 12.2. The molecule has 0 unspecified atom stereocenters. The number of alkyl halides is 6. The van der Waals surface area contributed by atoms with E-state index in [1.54, 1.807) is 6.07 Å². The van der Waals surface area contributed by atoms with Gasteiger partial charge in [0.1, 0.15) is 5.75 Å². The van der Waals surface area contributed by atoms with Crippen LogP contribution in [0.25, 0.3) is 16.8 Å². The highest BCUT2D eigenvalue weighted by Gasteiger charge is 2.57. The van der Waals surface area contributed by atoms with Gasteiger partial charge in [-0.05, 0) is 73.4 Å². The van der Waals surface area contributed by atoms with Crippen LogP contribution in [0.5, 0.6) is 5.75 Å². The summed E-state index contributed by atoms with van der Waals surface area (Å²) < 4.78 is 87.6. The first kappa shape index (κ1) is 32.8. The summed E-state index contributed by atoms with van der Waals surface area (Å²) in [5.74, 6) is -3.76. The molecule has 2 saturated heterocycles. The third-order valence-corrected chi connectivity index (χ3v) is 9.58. The molecular weight excluding hydrogens is 624 g/mol. The van der Waals surface area contributed by atoms with Crippen LogP contribution >= 0.6 is 0 Å². The Morgan fingerprint density at radius 2 is 1.57 bits per heavy atom. The summed E-state index contributed by atoms with van der Waals surface area (Å²) in [6, 6.07) is 12.0. The summed E-state index contributed by atoms with van der Waals surface area (Å²) in [5.41, 5.74) is -0.0246. The van der Waals surface area contributed by atoms with E-state index in [0.717, 1.165) is 40.3 Å². The lowest BCUT2D eigenvalue weighted by molar-refractivity contribution is -0.143. The van der Waals surface area contributed by atoms with Crippen molar-refractivity contribution >= 4 is 34.4 Å². The van der Waals surface area contributed by atoms with Gasteiger partial charge in [0.15, 0.2) is 0 Å². The summed E-state index contributed by atoms with van der Waals surface area (Å²) in [4.78, 5) is 27.8. The van der Waals surface area contributed by atoms with Gasteiger partial charge in [-0.15, -0.1) is 0 Å². The average Bonchev–Trinajstić information content (AvgIpc) is 3.54. The first-order valence-corrected chi connectivity index (χ1v) is 15.6. The van der Waals surface area contributed by atoms with Gasteiger partial charge in [0, 0.05) is 11.3 Å². The Hall–Kier alpha value is -4.12. The van der Waals surface area contributed by atoms with Crippen molar-refractivity contribution in [2.24, 2.45) is 17.8 Å². The molecule has 248 valence electrons. The Labute approximate surface area is 267 Å². The van der Waals surface area contributed by atoms with Crippen molar-refractivity contribution in [2.45, 2.75) is 64.4 Å². The van der Waals surface area contributed by atoms with Crippen LogP contribution in [0.4, 0.5) is 32.0 Å². The van der Waals surface area contributed by atoms with Crippen molar-refractivity contribution < 1.29 is 45.8 Å². The predicted molar refractivity (Wildman–Crippen MR) is 164 cm³/mol. The molecule has 0 bridgehead atoms. The number of aromatic hydroxyl groups is 1. The number of fused-ring (bicyclic) bond motifs is 4. The molecule has 4 atom stereocenters. The van der Waals surface area contributed by atoms with Crippen LogP contribution in [0, 0.1) is 17.8 Å². The minimum atomic E-state index is -5.12. The van der Waals surface area contributed by atoms with Gasteiger partial charge >= 0.3 is 12.4 Å². The van der Waals surface area contributed by atoms with Crippen molar-refractivity contribution in [2.75, 3.05) is 11.5 Å². The smallest absolute Gasteiger partial charge is 0.416 e. The molecule has 0 spiro atoms. The molecule has 2 fully saturated rings. The minimum absolute atomic E-state index is 0.0217. The first-order chi connectivity index (χ1) is 22.2. The number of carbonyl (C=O) groups is 2. The zero-order valence-corrected chi connectivity index (χ0v) is 25.7. The van der Waals surface area contributed by atoms with E-state index in [2.05, 4.69) is 13.0 Å². The molecule has 3 aromatic rings. The van der Waals surface area contributed by atoms with Crippen molar-refractivity contribution in [1.29, 1.82) is 0 Å². The third-order valence-electron chi connectivity index (χ3n) is 9.58. The van der Waals surface area contributed by atoms with Gasteiger partial charge in [-0.2, -0.15) is 26.3 Å². The van der Waals surface area contributed by atoms with Crippen LogP contribution in [0.1, 0.15) is 62.6 Å². The van der Waals surface area contributed by atoms with Gasteiger partial charge in [0.05, 0.1) is 41.4 Å². The van der Waals surface area contributed by atoms with E-state index < -0.39 is 58.7 Å². The number of halogens is 6.